The lowest BCUT2D eigenvalue weighted by Crippen LogP contribution is -2.52. The largest absolute Gasteiger partial charge is 0.392 e. The van der Waals surface area contributed by atoms with Crippen molar-refractivity contribution in [3.05, 3.63) is 0 Å². The van der Waals surface area contributed by atoms with Crippen LogP contribution >= 0.6 is 0 Å². The third-order valence-electron chi connectivity index (χ3n) is 6.07. The van der Waals surface area contributed by atoms with E-state index in [1.54, 1.807) is 7.05 Å². The van der Waals surface area contributed by atoms with Crippen LogP contribution in [-0.4, -0.2) is 71.6 Å². The standard InChI is InChI=1S/C18H31N3O3/c1-19-17(23)16-11-15(22)12-21(16)14-7-9-20(10-8-14)18(24)13-5-3-2-4-6-13/h13-16,22H,2-12H2,1H3,(H,19,23)/t15-,16+/m1/s1. The lowest BCUT2D eigenvalue weighted by molar-refractivity contribution is -0.138. The molecule has 3 aliphatic rings. The molecule has 3 rings (SSSR count). The Morgan fingerprint density at radius 3 is 2.33 bits per heavy atom. The zero-order valence-electron chi connectivity index (χ0n) is 14.7. The molecule has 1 aliphatic carbocycles. The summed E-state index contributed by atoms with van der Waals surface area (Å²) in [6.45, 7) is 2.14. The molecule has 2 aliphatic heterocycles. The first-order valence-corrected chi connectivity index (χ1v) is 9.54. The quantitative estimate of drug-likeness (QED) is 0.797. The molecule has 0 radical (unpaired) electrons. The van der Waals surface area contributed by atoms with Gasteiger partial charge in [-0.1, -0.05) is 19.3 Å². The first kappa shape index (κ1) is 17.7. The van der Waals surface area contributed by atoms with Crippen molar-refractivity contribution >= 4 is 11.8 Å². The Balaban J connectivity index is 1.54. The summed E-state index contributed by atoms with van der Waals surface area (Å²) < 4.78 is 0. The first-order chi connectivity index (χ1) is 11.6. The van der Waals surface area contributed by atoms with Gasteiger partial charge in [0.05, 0.1) is 12.1 Å². The lowest BCUT2D eigenvalue weighted by atomic mass is 9.87. The van der Waals surface area contributed by atoms with Gasteiger partial charge in [-0.15, -0.1) is 0 Å². The lowest BCUT2D eigenvalue weighted by Gasteiger charge is -2.40. The number of rotatable bonds is 3. The highest BCUT2D eigenvalue weighted by atomic mass is 16.3. The van der Waals surface area contributed by atoms with Crippen molar-refractivity contribution in [3.8, 4) is 0 Å². The number of β-amino-alcohol motifs (C(OH)–C–C–N with tert-alkyl or cyclic N) is 1. The molecule has 24 heavy (non-hydrogen) atoms. The SMILES string of the molecule is CNC(=O)[C@@H]1C[C@@H](O)CN1C1CCN(C(=O)C2CCCCC2)CC1. The Morgan fingerprint density at radius 1 is 1.04 bits per heavy atom. The highest BCUT2D eigenvalue weighted by molar-refractivity contribution is 5.82. The number of likely N-dealkylation sites (N-methyl/N-ethyl adjacent to an activating group) is 1. The molecule has 3 fully saturated rings. The highest BCUT2D eigenvalue weighted by Crippen LogP contribution is 2.29. The molecule has 0 aromatic rings. The number of hydrogen-bond donors (Lipinski definition) is 2. The van der Waals surface area contributed by atoms with Crippen LogP contribution in [0.1, 0.15) is 51.4 Å². The van der Waals surface area contributed by atoms with E-state index in [1.807, 2.05) is 4.90 Å². The number of aliphatic hydroxyl groups is 1. The van der Waals surface area contributed by atoms with Crippen LogP contribution in [0.4, 0.5) is 0 Å². The van der Waals surface area contributed by atoms with Crippen LogP contribution in [0, 0.1) is 5.92 Å². The number of hydrogen-bond acceptors (Lipinski definition) is 4. The summed E-state index contributed by atoms with van der Waals surface area (Å²) in [4.78, 5) is 28.9. The highest BCUT2D eigenvalue weighted by Gasteiger charge is 2.41. The average Bonchev–Trinajstić information content (AvgIpc) is 3.03. The second kappa shape index (κ2) is 7.83. The Labute approximate surface area is 144 Å². The van der Waals surface area contributed by atoms with Crippen LogP contribution < -0.4 is 5.32 Å². The number of aliphatic hydroxyl groups excluding tert-OH is 1. The van der Waals surface area contributed by atoms with Crippen molar-refractivity contribution in [2.24, 2.45) is 5.92 Å². The Hall–Kier alpha value is -1.14. The minimum Gasteiger partial charge on any atom is -0.392 e. The van der Waals surface area contributed by atoms with E-state index in [0.29, 0.717) is 24.9 Å². The predicted octanol–water partition coefficient (Wildman–Crippen LogP) is 0.739. The number of likely N-dealkylation sites (tertiary alicyclic amines) is 2. The fourth-order valence-corrected chi connectivity index (χ4v) is 4.69. The van der Waals surface area contributed by atoms with Gasteiger partial charge in [-0.25, -0.2) is 0 Å². The molecular formula is C18H31N3O3. The van der Waals surface area contributed by atoms with E-state index in [4.69, 9.17) is 0 Å². The maximum Gasteiger partial charge on any atom is 0.237 e. The topological polar surface area (TPSA) is 72.9 Å². The number of piperidine rings is 1. The van der Waals surface area contributed by atoms with Crippen molar-refractivity contribution in [2.75, 3.05) is 26.7 Å². The van der Waals surface area contributed by atoms with Gasteiger partial charge >= 0.3 is 0 Å². The molecule has 0 unspecified atom stereocenters. The maximum absolute atomic E-state index is 12.7. The second-order valence-corrected chi connectivity index (χ2v) is 7.61. The van der Waals surface area contributed by atoms with Crippen LogP contribution in [0.5, 0.6) is 0 Å². The fraction of sp³-hybridized carbons (Fsp3) is 0.889. The van der Waals surface area contributed by atoms with Gasteiger partial charge in [-0.05, 0) is 32.1 Å². The number of amides is 2. The van der Waals surface area contributed by atoms with Gasteiger partial charge in [0, 0.05) is 38.6 Å². The summed E-state index contributed by atoms with van der Waals surface area (Å²) in [5.74, 6) is 0.576. The number of carbonyl (C=O) groups excluding carboxylic acids is 2. The summed E-state index contributed by atoms with van der Waals surface area (Å²) in [5.41, 5.74) is 0. The summed E-state index contributed by atoms with van der Waals surface area (Å²) in [5, 5.41) is 12.7. The number of nitrogens with one attached hydrogen (secondary N) is 1. The van der Waals surface area contributed by atoms with Gasteiger partial charge in [-0.2, -0.15) is 0 Å². The summed E-state index contributed by atoms with van der Waals surface area (Å²) in [7, 11) is 1.65. The average molecular weight is 337 g/mol. The normalized spacial score (nSPS) is 30.5. The molecule has 2 saturated heterocycles. The summed E-state index contributed by atoms with van der Waals surface area (Å²) >= 11 is 0. The molecule has 6 heteroatoms. The molecule has 2 N–H and O–H groups in total. The Morgan fingerprint density at radius 2 is 1.71 bits per heavy atom. The Kier molecular flexibility index (Phi) is 5.76. The molecule has 136 valence electrons. The maximum atomic E-state index is 12.7. The minimum atomic E-state index is -0.422. The van der Waals surface area contributed by atoms with Crippen molar-refractivity contribution in [1.82, 2.24) is 15.1 Å². The van der Waals surface area contributed by atoms with Crippen LogP contribution in [0.3, 0.4) is 0 Å². The molecule has 0 aromatic carbocycles. The van der Waals surface area contributed by atoms with E-state index in [0.717, 1.165) is 38.8 Å². The van der Waals surface area contributed by atoms with E-state index in [-0.39, 0.29) is 17.9 Å². The second-order valence-electron chi connectivity index (χ2n) is 7.61. The molecule has 2 amide bonds. The van der Waals surface area contributed by atoms with E-state index in [9.17, 15) is 14.7 Å². The predicted molar refractivity (Wildman–Crippen MR) is 91.4 cm³/mol. The van der Waals surface area contributed by atoms with Crippen LogP contribution in [0.2, 0.25) is 0 Å². The van der Waals surface area contributed by atoms with E-state index < -0.39 is 6.10 Å². The van der Waals surface area contributed by atoms with Crippen LogP contribution in [0.15, 0.2) is 0 Å². The van der Waals surface area contributed by atoms with Gasteiger partial charge in [0.25, 0.3) is 0 Å². The monoisotopic (exact) mass is 337 g/mol. The number of carbonyl (C=O) groups is 2. The van der Waals surface area contributed by atoms with E-state index in [1.165, 1.54) is 19.3 Å². The third-order valence-corrected chi connectivity index (χ3v) is 6.07. The zero-order chi connectivity index (χ0) is 17.1. The van der Waals surface area contributed by atoms with Gasteiger partial charge < -0.3 is 15.3 Å². The van der Waals surface area contributed by atoms with Gasteiger partial charge in [0.2, 0.25) is 11.8 Å². The van der Waals surface area contributed by atoms with Gasteiger partial charge in [0.15, 0.2) is 0 Å². The van der Waals surface area contributed by atoms with Crippen LogP contribution in [-0.2, 0) is 9.59 Å². The van der Waals surface area contributed by atoms with Crippen molar-refractivity contribution < 1.29 is 14.7 Å². The minimum absolute atomic E-state index is 0.00717. The van der Waals surface area contributed by atoms with Crippen molar-refractivity contribution in [1.29, 1.82) is 0 Å². The third kappa shape index (κ3) is 3.75. The molecule has 0 aromatic heterocycles. The number of nitrogens with zero attached hydrogens (tertiary/aromatic N) is 2. The molecule has 2 atom stereocenters. The van der Waals surface area contributed by atoms with E-state index >= 15 is 0 Å². The zero-order valence-corrected chi connectivity index (χ0v) is 14.7. The molecule has 0 spiro atoms. The first-order valence-electron chi connectivity index (χ1n) is 9.54. The molecule has 1 saturated carbocycles. The smallest absolute Gasteiger partial charge is 0.237 e. The van der Waals surface area contributed by atoms with Gasteiger partial charge in [-0.3, -0.25) is 14.5 Å². The Bertz CT molecular complexity index is 456. The molecule has 6 nitrogen and oxygen atoms in total. The molecular weight excluding hydrogens is 306 g/mol. The fourth-order valence-electron chi connectivity index (χ4n) is 4.69. The molecule has 0 bridgehead atoms. The van der Waals surface area contributed by atoms with Crippen LogP contribution in [0.25, 0.3) is 0 Å². The van der Waals surface area contributed by atoms with Gasteiger partial charge in [0.1, 0.15) is 0 Å². The van der Waals surface area contributed by atoms with Crippen molar-refractivity contribution in [2.45, 2.75) is 69.6 Å². The van der Waals surface area contributed by atoms with Crippen molar-refractivity contribution in [3.63, 3.8) is 0 Å². The summed E-state index contributed by atoms with van der Waals surface area (Å²) in [6.07, 6.45) is 7.64. The summed E-state index contributed by atoms with van der Waals surface area (Å²) in [6, 6.07) is 0.0652. The van der Waals surface area contributed by atoms with E-state index in [2.05, 4.69) is 10.2 Å². The molecule has 2 heterocycles.